The molecule has 216 valence electrons. The van der Waals surface area contributed by atoms with Gasteiger partial charge in [0.05, 0.1) is 49.1 Å². The highest BCUT2D eigenvalue weighted by atomic mass is 28.3. The number of hydrogen-bond acceptors (Lipinski definition) is 6. The zero-order valence-electron chi connectivity index (χ0n) is 22.8. The number of alkyl halides is 3. The summed E-state index contributed by atoms with van der Waals surface area (Å²) in [5.74, 6) is -1.20. The van der Waals surface area contributed by atoms with Crippen LogP contribution in [-0.2, 0) is 46.9 Å². The van der Waals surface area contributed by atoms with Gasteiger partial charge < -0.3 is 29.4 Å². The summed E-state index contributed by atoms with van der Waals surface area (Å²) in [4.78, 5) is 19.8. The van der Waals surface area contributed by atoms with E-state index >= 15 is 4.39 Å². The number of amides is 1. The highest BCUT2D eigenvalue weighted by Gasteiger charge is 2.37. The molecule has 2 aromatic heterocycles. The Morgan fingerprint density at radius 3 is 2.60 bits per heavy atom. The van der Waals surface area contributed by atoms with E-state index in [2.05, 4.69) is 24.6 Å². The summed E-state index contributed by atoms with van der Waals surface area (Å²) in [6.07, 6.45) is -4.71. The second-order valence-corrected chi connectivity index (χ2v) is 17.1. The molecule has 5 rings (SSSR count). The lowest BCUT2D eigenvalue weighted by atomic mass is 9.94. The second-order valence-electron chi connectivity index (χ2n) is 11.5. The highest BCUT2D eigenvalue weighted by Crippen LogP contribution is 2.38. The van der Waals surface area contributed by atoms with Gasteiger partial charge in [0.2, 0.25) is 0 Å². The van der Waals surface area contributed by atoms with Crippen LogP contribution in [0.2, 0.25) is 25.7 Å². The van der Waals surface area contributed by atoms with Gasteiger partial charge >= 0.3 is 6.18 Å². The standard InChI is InChI=1S/C27H32F4N4O4Si/c1-34(22-13-38-10-15-7-16(27(29,30)31)8-19(28)23(15)22)26(36)21-9-20-24(17-11-39-12-18(17)25(32)33-20)35(21)14-37-5-6-40(2,3)4/h7-9,22H,5-6,10-14H2,1-4H3,(H2,32,33)/t22-/m1/s1. The maximum absolute atomic E-state index is 15.1. The Balaban J connectivity index is 1.53. The molecule has 1 atom stereocenters. The van der Waals surface area contributed by atoms with Gasteiger partial charge in [-0.1, -0.05) is 19.6 Å². The van der Waals surface area contributed by atoms with Crippen LogP contribution in [0.5, 0.6) is 0 Å². The van der Waals surface area contributed by atoms with Crippen molar-refractivity contribution in [3.8, 4) is 0 Å². The zero-order valence-corrected chi connectivity index (χ0v) is 23.8. The summed E-state index contributed by atoms with van der Waals surface area (Å²) >= 11 is 0. The van der Waals surface area contributed by atoms with E-state index in [0.717, 1.165) is 23.2 Å². The number of fused-ring (bicyclic) bond motifs is 4. The van der Waals surface area contributed by atoms with Crippen molar-refractivity contribution in [2.24, 2.45) is 0 Å². The van der Waals surface area contributed by atoms with Crippen molar-refractivity contribution in [1.29, 1.82) is 0 Å². The van der Waals surface area contributed by atoms with Gasteiger partial charge in [-0.3, -0.25) is 4.79 Å². The lowest BCUT2D eigenvalue weighted by Gasteiger charge is -2.34. The van der Waals surface area contributed by atoms with E-state index in [1.165, 1.54) is 11.9 Å². The normalized spacial score (nSPS) is 17.2. The summed E-state index contributed by atoms with van der Waals surface area (Å²) < 4.78 is 73.9. The molecule has 1 amide bonds. The number of likely N-dealkylation sites (N-methyl/N-ethyl adjacent to an activating group) is 1. The molecule has 2 N–H and O–H groups in total. The van der Waals surface area contributed by atoms with E-state index in [0.29, 0.717) is 42.7 Å². The van der Waals surface area contributed by atoms with Crippen LogP contribution >= 0.6 is 0 Å². The predicted molar refractivity (Wildman–Crippen MR) is 143 cm³/mol. The van der Waals surface area contributed by atoms with Crippen LogP contribution < -0.4 is 5.73 Å². The number of nitrogens with zero attached hydrogens (tertiary/aromatic N) is 3. The Hall–Kier alpha value is -3.00. The van der Waals surface area contributed by atoms with E-state index in [4.69, 9.17) is 19.9 Å². The Morgan fingerprint density at radius 2 is 1.90 bits per heavy atom. The molecule has 0 bridgehead atoms. The first-order valence-electron chi connectivity index (χ1n) is 13.0. The minimum Gasteiger partial charge on any atom is -0.383 e. The molecule has 0 aliphatic carbocycles. The van der Waals surface area contributed by atoms with Gasteiger partial charge in [-0.15, -0.1) is 0 Å². The average Bonchev–Trinajstić information content (AvgIpc) is 3.49. The number of hydrogen-bond donors (Lipinski definition) is 1. The first-order chi connectivity index (χ1) is 18.8. The molecule has 0 spiro atoms. The fraction of sp³-hybridized carbons (Fsp3) is 0.481. The van der Waals surface area contributed by atoms with Gasteiger partial charge in [0.1, 0.15) is 24.1 Å². The van der Waals surface area contributed by atoms with Gasteiger partial charge in [0.25, 0.3) is 5.91 Å². The van der Waals surface area contributed by atoms with E-state index in [1.54, 1.807) is 10.6 Å². The molecule has 4 heterocycles. The van der Waals surface area contributed by atoms with Crippen molar-refractivity contribution in [2.75, 3.05) is 26.0 Å². The lowest BCUT2D eigenvalue weighted by molar-refractivity contribution is -0.138. The monoisotopic (exact) mass is 580 g/mol. The molecule has 0 saturated carbocycles. The number of nitrogen functional groups attached to an aromatic ring is 1. The number of benzene rings is 1. The molecule has 0 unspecified atom stereocenters. The number of anilines is 1. The van der Waals surface area contributed by atoms with E-state index in [-0.39, 0.29) is 36.8 Å². The molecule has 0 radical (unpaired) electrons. The topological polar surface area (TPSA) is 91.8 Å². The number of pyridine rings is 1. The minimum atomic E-state index is -4.71. The van der Waals surface area contributed by atoms with Crippen molar-refractivity contribution in [2.45, 2.75) is 64.5 Å². The average molecular weight is 581 g/mol. The third kappa shape index (κ3) is 5.34. The molecule has 40 heavy (non-hydrogen) atoms. The molecule has 0 fully saturated rings. The summed E-state index contributed by atoms with van der Waals surface area (Å²) in [5.41, 5.74) is 8.14. The van der Waals surface area contributed by atoms with Gasteiger partial charge in [0.15, 0.2) is 0 Å². The quantitative estimate of drug-likeness (QED) is 0.227. The molecule has 1 aromatic carbocycles. The smallest absolute Gasteiger partial charge is 0.383 e. The molecule has 13 heteroatoms. The molecule has 2 aliphatic heterocycles. The fourth-order valence-corrected chi connectivity index (χ4v) is 5.93. The molecule has 2 aliphatic rings. The summed E-state index contributed by atoms with van der Waals surface area (Å²) in [7, 11) is 0.112. The minimum absolute atomic E-state index is 0.0146. The summed E-state index contributed by atoms with van der Waals surface area (Å²) in [6.45, 7) is 7.66. The number of carbonyl (C=O) groups excluding carboxylic acids is 1. The zero-order chi connectivity index (χ0) is 29.0. The molecule has 8 nitrogen and oxygen atoms in total. The van der Waals surface area contributed by atoms with Crippen molar-refractivity contribution < 1.29 is 36.6 Å². The van der Waals surface area contributed by atoms with Crippen molar-refractivity contribution in [3.63, 3.8) is 0 Å². The largest absolute Gasteiger partial charge is 0.416 e. The second kappa shape index (κ2) is 10.4. The van der Waals surface area contributed by atoms with E-state index in [1.807, 2.05) is 0 Å². The molecular formula is C27H32F4N4O4Si. The van der Waals surface area contributed by atoms with Crippen LogP contribution in [0.1, 0.15) is 44.3 Å². The predicted octanol–water partition coefficient (Wildman–Crippen LogP) is 5.46. The Morgan fingerprint density at radius 1 is 1.18 bits per heavy atom. The van der Waals surface area contributed by atoms with Crippen LogP contribution in [-0.4, -0.2) is 48.7 Å². The van der Waals surface area contributed by atoms with Crippen LogP contribution in [0.3, 0.4) is 0 Å². The van der Waals surface area contributed by atoms with Crippen molar-refractivity contribution in [1.82, 2.24) is 14.5 Å². The molecular weight excluding hydrogens is 548 g/mol. The summed E-state index contributed by atoms with van der Waals surface area (Å²) in [6, 6.07) is 2.94. The Bertz CT molecular complexity index is 1470. The third-order valence-corrected chi connectivity index (χ3v) is 9.11. The van der Waals surface area contributed by atoms with Crippen LogP contribution in [0.4, 0.5) is 23.4 Å². The van der Waals surface area contributed by atoms with Gasteiger partial charge in [-0.05, 0) is 29.8 Å². The Labute approximate surface area is 230 Å². The van der Waals surface area contributed by atoms with Gasteiger partial charge in [-0.25, -0.2) is 9.37 Å². The van der Waals surface area contributed by atoms with Crippen LogP contribution in [0.15, 0.2) is 18.2 Å². The number of rotatable bonds is 7. The first-order valence-corrected chi connectivity index (χ1v) is 16.7. The number of ether oxygens (including phenoxy) is 3. The summed E-state index contributed by atoms with van der Waals surface area (Å²) in [5, 5.41) is 0. The van der Waals surface area contributed by atoms with Crippen LogP contribution in [0.25, 0.3) is 11.0 Å². The number of carbonyl (C=O) groups is 1. The highest BCUT2D eigenvalue weighted by molar-refractivity contribution is 6.76. The fourth-order valence-electron chi connectivity index (χ4n) is 5.17. The van der Waals surface area contributed by atoms with E-state index in [9.17, 15) is 18.0 Å². The maximum atomic E-state index is 15.1. The number of halogens is 4. The maximum Gasteiger partial charge on any atom is 0.416 e. The number of aromatic nitrogens is 2. The Kier molecular flexibility index (Phi) is 7.44. The van der Waals surface area contributed by atoms with Gasteiger partial charge in [-0.2, -0.15) is 13.2 Å². The lowest BCUT2D eigenvalue weighted by Crippen LogP contribution is -2.38. The van der Waals surface area contributed by atoms with Crippen molar-refractivity contribution in [3.05, 3.63) is 57.5 Å². The molecule has 0 saturated heterocycles. The first kappa shape index (κ1) is 28.5. The SMILES string of the molecule is CN(C(=O)c1cc2nc(N)c3c(c2n1COCC[Si](C)(C)C)COC3)[C@@H]1COCc2cc(C(F)(F)F)cc(F)c21. The van der Waals surface area contributed by atoms with Crippen molar-refractivity contribution >= 4 is 30.8 Å². The molecule has 3 aromatic rings. The van der Waals surface area contributed by atoms with Crippen LogP contribution in [0, 0.1) is 5.82 Å². The number of nitrogens with two attached hydrogens (primary N) is 1. The van der Waals surface area contributed by atoms with Gasteiger partial charge in [0, 0.05) is 38.4 Å². The third-order valence-electron chi connectivity index (χ3n) is 7.40. The van der Waals surface area contributed by atoms with E-state index < -0.39 is 37.6 Å².